The van der Waals surface area contributed by atoms with Crippen LogP contribution >= 0.6 is 0 Å². The number of hydrogen-bond acceptors (Lipinski definition) is 5. The Balaban J connectivity index is 1.75. The van der Waals surface area contributed by atoms with E-state index in [0.29, 0.717) is 24.0 Å². The molecule has 1 aliphatic rings. The predicted octanol–water partition coefficient (Wildman–Crippen LogP) is 2.97. The van der Waals surface area contributed by atoms with Gasteiger partial charge in [0.2, 0.25) is 11.8 Å². The molecule has 2 N–H and O–H groups in total. The van der Waals surface area contributed by atoms with Crippen molar-refractivity contribution in [3.05, 3.63) is 41.8 Å². The van der Waals surface area contributed by atoms with Gasteiger partial charge in [-0.2, -0.15) is 0 Å². The maximum Gasteiger partial charge on any atom is 0.330 e. The fourth-order valence-corrected chi connectivity index (χ4v) is 3.77. The van der Waals surface area contributed by atoms with Gasteiger partial charge in [-0.15, -0.1) is 0 Å². The minimum absolute atomic E-state index is 0.0490. The van der Waals surface area contributed by atoms with E-state index < -0.39 is 22.8 Å². The van der Waals surface area contributed by atoms with Crippen LogP contribution in [0.15, 0.2) is 34.7 Å². The summed E-state index contributed by atoms with van der Waals surface area (Å²) in [6.07, 6.45) is -0.0264. The Labute approximate surface area is 164 Å². The molecule has 1 fully saturated rings. The zero-order valence-corrected chi connectivity index (χ0v) is 16.6. The Morgan fingerprint density at radius 3 is 2.57 bits per heavy atom. The van der Waals surface area contributed by atoms with Gasteiger partial charge in [0, 0.05) is 24.0 Å². The van der Waals surface area contributed by atoms with Gasteiger partial charge >= 0.3 is 5.97 Å². The number of oxazole rings is 1. The van der Waals surface area contributed by atoms with Gasteiger partial charge in [-0.25, -0.2) is 9.78 Å². The molecule has 7 nitrogen and oxygen atoms in total. The monoisotopic (exact) mass is 386 g/mol. The number of carboxylic acid groups (broad SMARTS) is 1. The van der Waals surface area contributed by atoms with Crippen molar-refractivity contribution in [2.24, 2.45) is 5.41 Å². The number of nitrogens with one attached hydrogen (secondary N) is 1. The molecule has 1 aliphatic carbocycles. The minimum Gasteiger partial charge on any atom is -0.479 e. The van der Waals surface area contributed by atoms with E-state index in [2.05, 4.69) is 10.3 Å². The van der Waals surface area contributed by atoms with E-state index in [1.54, 1.807) is 20.8 Å². The Hall–Kier alpha value is -2.67. The van der Waals surface area contributed by atoms with Crippen LogP contribution in [0.4, 0.5) is 0 Å². The van der Waals surface area contributed by atoms with Crippen molar-refractivity contribution in [3.8, 4) is 11.5 Å². The number of hydrogen-bond donors (Lipinski definition) is 2. The zero-order chi connectivity index (χ0) is 20.5. The number of aliphatic carboxylic acids is 1. The smallest absolute Gasteiger partial charge is 0.330 e. The Morgan fingerprint density at radius 2 is 2.00 bits per heavy atom. The fraction of sp³-hybridized carbons (Fsp3) is 0.476. The molecule has 2 atom stereocenters. The summed E-state index contributed by atoms with van der Waals surface area (Å²) in [5.41, 5.74) is -0.767. The molecule has 28 heavy (non-hydrogen) atoms. The van der Waals surface area contributed by atoms with Crippen LogP contribution in [0.1, 0.15) is 38.6 Å². The van der Waals surface area contributed by atoms with Crippen LogP contribution < -0.4 is 5.32 Å². The second kappa shape index (κ2) is 7.39. The molecule has 0 saturated heterocycles. The number of carboxylic acids is 1. The normalized spacial score (nSPS) is 23.1. The summed E-state index contributed by atoms with van der Waals surface area (Å²) in [4.78, 5) is 29.1. The van der Waals surface area contributed by atoms with E-state index in [-0.39, 0.29) is 18.9 Å². The quantitative estimate of drug-likeness (QED) is 0.759. The van der Waals surface area contributed by atoms with Crippen molar-refractivity contribution in [2.45, 2.75) is 52.2 Å². The van der Waals surface area contributed by atoms with Crippen LogP contribution in [0, 0.1) is 12.3 Å². The number of benzene rings is 1. The average molecular weight is 386 g/mol. The van der Waals surface area contributed by atoms with Crippen molar-refractivity contribution in [3.63, 3.8) is 0 Å². The SMILES string of the molecule is CCOC1CC(NC(=O)Cc2nc(-c3ccccc3)oc2C)(C(=O)O)C1(C)C. The largest absolute Gasteiger partial charge is 0.479 e. The van der Waals surface area contributed by atoms with E-state index in [9.17, 15) is 14.7 Å². The first-order chi connectivity index (χ1) is 13.2. The molecule has 1 heterocycles. The lowest BCUT2D eigenvalue weighted by Gasteiger charge is -2.58. The molecule has 0 bridgehead atoms. The lowest BCUT2D eigenvalue weighted by Crippen LogP contribution is -2.76. The molecule has 2 aromatic rings. The molecule has 0 aliphatic heterocycles. The van der Waals surface area contributed by atoms with Gasteiger partial charge in [0.05, 0.1) is 18.2 Å². The number of carbonyl (C=O) groups excluding carboxylic acids is 1. The van der Waals surface area contributed by atoms with Crippen LogP contribution in [-0.4, -0.2) is 40.2 Å². The highest BCUT2D eigenvalue weighted by molar-refractivity contribution is 5.90. The molecule has 1 amide bonds. The highest BCUT2D eigenvalue weighted by atomic mass is 16.5. The van der Waals surface area contributed by atoms with Gasteiger partial charge in [0.1, 0.15) is 11.3 Å². The number of rotatable bonds is 7. The van der Waals surface area contributed by atoms with Crippen LogP contribution in [-0.2, 0) is 20.7 Å². The van der Waals surface area contributed by atoms with Crippen molar-refractivity contribution in [1.29, 1.82) is 0 Å². The summed E-state index contributed by atoms with van der Waals surface area (Å²) in [6.45, 7) is 7.72. The third kappa shape index (κ3) is 3.30. The molecule has 1 aromatic carbocycles. The summed E-state index contributed by atoms with van der Waals surface area (Å²) in [7, 11) is 0. The molecular formula is C21H26N2O5. The molecule has 1 saturated carbocycles. The Bertz CT molecular complexity index is 874. The summed E-state index contributed by atoms with van der Waals surface area (Å²) < 4.78 is 11.3. The van der Waals surface area contributed by atoms with Gasteiger partial charge in [-0.1, -0.05) is 32.0 Å². The molecule has 2 unspecified atom stereocenters. The Kier molecular flexibility index (Phi) is 5.30. The molecule has 3 rings (SSSR count). The standard InChI is InChI=1S/C21H26N2O5/c1-5-27-16-12-21(19(25)26,20(16,3)4)23-17(24)11-15-13(2)28-18(22-15)14-9-7-6-8-10-14/h6-10,16H,5,11-12H2,1-4H3,(H,23,24)(H,25,26). The van der Waals surface area contributed by atoms with E-state index in [1.807, 2.05) is 37.3 Å². The maximum atomic E-state index is 12.7. The first-order valence-electron chi connectivity index (χ1n) is 9.39. The lowest BCUT2D eigenvalue weighted by molar-refractivity contribution is -0.194. The number of ether oxygens (including phenoxy) is 1. The number of amides is 1. The van der Waals surface area contributed by atoms with Crippen molar-refractivity contribution in [1.82, 2.24) is 10.3 Å². The molecule has 0 radical (unpaired) electrons. The highest BCUT2D eigenvalue weighted by Gasteiger charge is 2.66. The van der Waals surface area contributed by atoms with E-state index in [1.165, 1.54) is 0 Å². The van der Waals surface area contributed by atoms with Crippen molar-refractivity contribution >= 4 is 11.9 Å². The number of aromatic nitrogens is 1. The van der Waals surface area contributed by atoms with Crippen LogP contribution in [0.3, 0.4) is 0 Å². The number of aryl methyl sites for hydroxylation is 1. The first-order valence-corrected chi connectivity index (χ1v) is 9.39. The van der Waals surface area contributed by atoms with E-state index >= 15 is 0 Å². The molecule has 1 aromatic heterocycles. The third-order valence-corrected chi connectivity index (χ3v) is 5.72. The lowest BCUT2D eigenvalue weighted by atomic mass is 9.54. The van der Waals surface area contributed by atoms with Crippen LogP contribution in [0.5, 0.6) is 0 Å². The van der Waals surface area contributed by atoms with Crippen LogP contribution in [0.25, 0.3) is 11.5 Å². The molecule has 7 heteroatoms. The fourth-order valence-electron chi connectivity index (χ4n) is 3.77. The second-order valence-corrected chi connectivity index (χ2v) is 7.69. The molecule has 150 valence electrons. The third-order valence-electron chi connectivity index (χ3n) is 5.72. The van der Waals surface area contributed by atoms with Crippen molar-refractivity contribution < 1.29 is 23.8 Å². The van der Waals surface area contributed by atoms with Gasteiger partial charge in [0.15, 0.2) is 0 Å². The van der Waals surface area contributed by atoms with Gasteiger partial charge in [-0.05, 0) is 26.0 Å². The minimum atomic E-state index is -1.36. The zero-order valence-electron chi connectivity index (χ0n) is 16.6. The summed E-state index contributed by atoms with van der Waals surface area (Å²) >= 11 is 0. The summed E-state index contributed by atoms with van der Waals surface area (Å²) in [6, 6.07) is 9.41. The van der Waals surface area contributed by atoms with Gasteiger partial charge in [-0.3, -0.25) is 4.79 Å². The van der Waals surface area contributed by atoms with Crippen molar-refractivity contribution in [2.75, 3.05) is 6.61 Å². The highest BCUT2D eigenvalue weighted by Crippen LogP contribution is 2.51. The van der Waals surface area contributed by atoms with E-state index in [0.717, 1.165) is 5.56 Å². The van der Waals surface area contributed by atoms with Gasteiger partial charge < -0.3 is 19.6 Å². The summed E-state index contributed by atoms with van der Waals surface area (Å²) in [5.74, 6) is -0.474. The second-order valence-electron chi connectivity index (χ2n) is 7.69. The Morgan fingerprint density at radius 1 is 1.32 bits per heavy atom. The van der Waals surface area contributed by atoms with Gasteiger partial charge in [0.25, 0.3) is 0 Å². The number of carbonyl (C=O) groups is 2. The predicted molar refractivity (Wildman–Crippen MR) is 103 cm³/mol. The molecule has 0 spiro atoms. The van der Waals surface area contributed by atoms with E-state index in [4.69, 9.17) is 9.15 Å². The average Bonchev–Trinajstić information content (AvgIpc) is 3.01. The first kappa shape index (κ1) is 20.1. The van der Waals surface area contributed by atoms with Crippen LogP contribution in [0.2, 0.25) is 0 Å². The summed E-state index contributed by atoms with van der Waals surface area (Å²) in [5, 5.41) is 12.6. The maximum absolute atomic E-state index is 12.7. The number of nitrogens with zero attached hydrogens (tertiary/aromatic N) is 1. The topological polar surface area (TPSA) is 102 Å². The molecular weight excluding hydrogens is 360 g/mol.